The van der Waals surface area contributed by atoms with Crippen LogP contribution < -0.4 is 9.62 Å². The number of nitrogens with one attached hydrogen (secondary N) is 1. The van der Waals surface area contributed by atoms with Crippen molar-refractivity contribution >= 4 is 50.5 Å². The summed E-state index contributed by atoms with van der Waals surface area (Å²) in [5.41, 5.74) is 0.823. The maximum absolute atomic E-state index is 15.0. The lowest BCUT2D eigenvalue weighted by Crippen LogP contribution is -2.43. The van der Waals surface area contributed by atoms with Gasteiger partial charge in [0.05, 0.1) is 28.0 Å². The molecule has 0 bridgehead atoms. The van der Waals surface area contributed by atoms with Crippen molar-refractivity contribution in [2.45, 2.75) is 31.8 Å². The summed E-state index contributed by atoms with van der Waals surface area (Å²) in [5.74, 6) is -2.18. The number of hydrogen-bond donors (Lipinski definition) is 1. The van der Waals surface area contributed by atoms with E-state index in [4.69, 9.17) is 11.6 Å². The van der Waals surface area contributed by atoms with Crippen molar-refractivity contribution in [1.29, 1.82) is 0 Å². The van der Waals surface area contributed by atoms with Crippen LogP contribution in [0.4, 0.5) is 10.1 Å². The van der Waals surface area contributed by atoms with Crippen LogP contribution in [-0.2, 0) is 21.4 Å². The molecule has 1 aliphatic heterocycles. The largest absolute Gasteiger partial charge is 0.336 e. The molecule has 12 heteroatoms. The van der Waals surface area contributed by atoms with E-state index >= 15 is 4.39 Å². The van der Waals surface area contributed by atoms with Crippen molar-refractivity contribution in [2.24, 2.45) is 0 Å². The summed E-state index contributed by atoms with van der Waals surface area (Å²) >= 11 is 7.25. The molecule has 0 aliphatic carbocycles. The highest BCUT2D eigenvalue weighted by molar-refractivity contribution is 7.89. The Kier molecular flexibility index (Phi) is 8.27. The first kappa shape index (κ1) is 27.2. The normalized spacial score (nSPS) is 16.7. The zero-order chi connectivity index (χ0) is 26.7. The third kappa shape index (κ3) is 6.53. The standard InChI is InChI=1S/C25H26ClFN4O4S2/c1-16(22-8-9-23(26)36-22)15-37(34,35)29-20-10-12-31(25(20)33)21-7-6-17(13-19(21)27)24(32)30(2)14-18-5-3-4-11-28-18/h3-9,11,13,16,20,29H,10,12,14-15H2,1-2H3. The van der Waals surface area contributed by atoms with Gasteiger partial charge < -0.3 is 9.80 Å². The lowest BCUT2D eigenvalue weighted by atomic mass is 10.1. The van der Waals surface area contributed by atoms with Crippen LogP contribution in [0.3, 0.4) is 0 Å². The minimum Gasteiger partial charge on any atom is -0.336 e. The molecule has 0 radical (unpaired) electrons. The van der Waals surface area contributed by atoms with Gasteiger partial charge in [0.2, 0.25) is 15.9 Å². The van der Waals surface area contributed by atoms with Crippen molar-refractivity contribution in [3.8, 4) is 0 Å². The Balaban J connectivity index is 1.40. The summed E-state index contributed by atoms with van der Waals surface area (Å²) < 4.78 is 43.5. The number of carbonyl (C=O) groups is 2. The van der Waals surface area contributed by atoms with Crippen LogP contribution in [0, 0.1) is 5.82 Å². The molecule has 1 aliphatic rings. The lowest BCUT2D eigenvalue weighted by molar-refractivity contribution is -0.118. The van der Waals surface area contributed by atoms with Gasteiger partial charge in [-0.2, -0.15) is 0 Å². The number of halogens is 2. The second-order valence-corrected chi connectivity index (χ2v) is 12.5. The molecule has 8 nitrogen and oxygen atoms in total. The minimum atomic E-state index is -3.79. The van der Waals surface area contributed by atoms with Gasteiger partial charge in [0.15, 0.2) is 0 Å². The van der Waals surface area contributed by atoms with E-state index < -0.39 is 33.7 Å². The number of carbonyl (C=O) groups excluding carboxylic acids is 2. The first-order valence-corrected chi connectivity index (χ1v) is 14.4. The number of nitrogens with zero attached hydrogens (tertiary/aromatic N) is 3. The second-order valence-electron chi connectivity index (χ2n) is 8.92. The fraction of sp³-hybridized carbons (Fsp3) is 0.320. The van der Waals surface area contributed by atoms with Crippen LogP contribution in [0.5, 0.6) is 0 Å². The van der Waals surface area contributed by atoms with Gasteiger partial charge in [-0.15, -0.1) is 11.3 Å². The van der Waals surface area contributed by atoms with E-state index in [-0.39, 0.29) is 42.4 Å². The summed E-state index contributed by atoms with van der Waals surface area (Å²) in [7, 11) is -2.19. The summed E-state index contributed by atoms with van der Waals surface area (Å²) in [6.07, 6.45) is 1.83. The van der Waals surface area contributed by atoms with Gasteiger partial charge in [-0.1, -0.05) is 24.6 Å². The predicted octanol–water partition coefficient (Wildman–Crippen LogP) is 4.04. The van der Waals surface area contributed by atoms with Crippen LogP contribution in [0.1, 0.15) is 40.2 Å². The summed E-state index contributed by atoms with van der Waals surface area (Å²) in [4.78, 5) is 33.4. The average molecular weight is 565 g/mol. The van der Waals surface area contributed by atoms with Crippen LogP contribution >= 0.6 is 22.9 Å². The number of amides is 2. The van der Waals surface area contributed by atoms with E-state index in [0.717, 1.165) is 10.9 Å². The van der Waals surface area contributed by atoms with Gasteiger partial charge in [0, 0.05) is 36.1 Å². The molecular weight excluding hydrogens is 539 g/mol. The summed E-state index contributed by atoms with van der Waals surface area (Å²) in [6.45, 7) is 2.18. The van der Waals surface area contributed by atoms with Gasteiger partial charge in [-0.05, 0) is 48.9 Å². The molecule has 0 spiro atoms. The van der Waals surface area contributed by atoms with Crippen molar-refractivity contribution in [1.82, 2.24) is 14.6 Å². The third-order valence-electron chi connectivity index (χ3n) is 6.03. The topological polar surface area (TPSA) is 99.7 Å². The Hall–Kier alpha value is -2.86. The smallest absolute Gasteiger partial charge is 0.254 e. The van der Waals surface area contributed by atoms with E-state index in [9.17, 15) is 18.0 Å². The Morgan fingerprint density at radius 3 is 2.73 bits per heavy atom. The van der Waals surface area contributed by atoms with Crippen LogP contribution in [0.2, 0.25) is 4.34 Å². The predicted molar refractivity (Wildman–Crippen MR) is 142 cm³/mol. The molecule has 0 saturated carbocycles. The van der Waals surface area contributed by atoms with Gasteiger partial charge in [0.1, 0.15) is 11.9 Å². The summed E-state index contributed by atoms with van der Waals surface area (Å²) in [5, 5.41) is 0. The number of anilines is 1. The molecule has 196 valence electrons. The second kappa shape index (κ2) is 11.3. The molecule has 2 unspecified atom stereocenters. The highest BCUT2D eigenvalue weighted by Crippen LogP contribution is 2.30. The lowest BCUT2D eigenvalue weighted by Gasteiger charge is -2.20. The average Bonchev–Trinajstić information content (AvgIpc) is 3.44. The number of thiophene rings is 1. The molecule has 37 heavy (non-hydrogen) atoms. The molecule has 3 aromatic rings. The monoisotopic (exact) mass is 564 g/mol. The van der Waals surface area contributed by atoms with Crippen molar-refractivity contribution in [3.05, 3.63) is 81.0 Å². The SMILES string of the molecule is CC(CS(=O)(=O)NC1CCN(c2ccc(C(=O)N(C)Cc3ccccn3)cc2F)C1=O)c1ccc(Cl)s1. The van der Waals surface area contributed by atoms with Crippen molar-refractivity contribution in [2.75, 3.05) is 24.2 Å². The van der Waals surface area contributed by atoms with Crippen LogP contribution in [0.25, 0.3) is 0 Å². The van der Waals surface area contributed by atoms with Gasteiger partial charge in [0.25, 0.3) is 5.91 Å². The Bertz CT molecular complexity index is 1400. The molecule has 2 amide bonds. The maximum atomic E-state index is 15.0. The number of hydrogen-bond acceptors (Lipinski definition) is 6. The van der Waals surface area contributed by atoms with Crippen LogP contribution in [-0.4, -0.2) is 55.5 Å². The molecule has 2 atom stereocenters. The molecule has 1 fully saturated rings. The zero-order valence-electron chi connectivity index (χ0n) is 20.2. The number of benzene rings is 1. The summed E-state index contributed by atoms with van der Waals surface area (Å²) in [6, 6.07) is 11.8. The van der Waals surface area contributed by atoms with E-state index in [1.165, 1.54) is 33.3 Å². The van der Waals surface area contributed by atoms with Crippen LogP contribution in [0.15, 0.2) is 54.7 Å². The number of pyridine rings is 1. The molecule has 4 rings (SSSR count). The highest BCUT2D eigenvalue weighted by Gasteiger charge is 2.37. The third-order valence-corrected chi connectivity index (χ3v) is 9.08. The van der Waals surface area contributed by atoms with E-state index in [0.29, 0.717) is 10.0 Å². The molecule has 3 heterocycles. The Morgan fingerprint density at radius 1 is 1.30 bits per heavy atom. The van der Waals surface area contributed by atoms with Gasteiger partial charge >= 0.3 is 0 Å². The molecular formula is C25H26ClFN4O4S2. The number of sulfonamides is 1. The quantitative estimate of drug-likeness (QED) is 0.423. The molecule has 1 saturated heterocycles. The maximum Gasteiger partial charge on any atom is 0.254 e. The molecule has 1 aromatic carbocycles. The van der Waals surface area contributed by atoms with E-state index in [2.05, 4.69) is 9.71 Å². The first-order chi connectivity index (χ1) is 17.5. The van der Waals surface area contributed by atoms with Crippen molar-refractivity contribution < 1.29 is 22.4 Å². The number of rotatable bonds is 9. The molecule has 1 N–H and O–H groups in total. The van der Waals surface area contributed by atoms with Crippen molar-refractivity contribution in [3.63, 3.8) is 0 Å². The van der Waals surface area contributed by atoms with Gasteiger partial charge in [-0.25, -0.2) is 17.5 Å². The molecule has 2 aromatic heterocycles. The van der Waals surface area contributed by atoms with E-state index in [1.54, 1.807) is 44.4 Å². The zero-order valence-corrected chi connectivity index (χ0v) is 22.6. The highest BCUT2D eigenvalue weighted by atomic mass is 35.5. The number of aromatic nitrogens is 1. The Labute approximate surface area is 224 Å². The fourth-order valence-corrected chi connectivity index (χ4v) is 6.99. The fourth-order valence-electron chi connectivity index (χ4n) is 4.18. The van der Waals surface area contributed by atoms with Gasteiger partial charge in [-0.3, -0.25) is 14.6 Å². The first-order valence-electron chi connectivity index (χ1n) is 11.6. The Morgan fingerprint density at radius 2 is 2.08 bits per heavy atom. The minimum absolute atomic E-state index is 0.00257. The van der Waals surface area contributed by atoms with E-state index in [1.807, 2.05) is 6.07 Å².